The third-order valence-corrected chi connectivity index (χ3v) is 7.94. The van der Waals surface area contributed by atoms with Crippen LogP contribution in [0.5, 0.6) is 11.5 Å². The van der Waals surface area contributed by atoms with Crippen LogP contribution in [0.4, 0.5) is 22.0 Å². The van der Waals surface area contributed by atoms with E-state index in [-0.39, 0.29) is 47.9 Å². The van der Waals surface area contributed by atoms with E-state index in [9.17, 15) is 26.7 Å². The van der Waals surface area contributed by atoms with E-state index in [2.05, 4.69) is 5.32 Å². The highest BCUT2D eigenvalue weighted by molar-refractivity contribution is 6.32. The Morgan fingerprint density at radius 2 is 1.74 bits per heavy atom. The average molecular weight is 621 g/mol. The summed E-state index contributed by atoms with van der Waals surface area (Å²) in [4.78, 5) is 15.5. The number of carbonyl (C=O) groups is 1. The zero-order valence-corrected chi connectivity index (χ0v) is 24.1. The summed E-state index contributed by atoms with van der Waals surface area (Å²) in [6, 6.07) is 13.3. The van der Waals surface area contributed by atoms with Crippen LogP contribution in [0.25, 0.3) is 5.57 Å². The fourth-order valence-electron chi connectivity index (χ4n) is 5.06. The van der Waals surface area contributed by atoms with Crippen LogP contribution in [-0.4, -0.2) is 43.2 Å². The van der Waals surface area contributed by atoms with E-state index in [1.165, 1.54) is 25.1 Å². The van der Waals surface area contributed by atoms with Crippen molar-refractivity contribution in [1.29, 1.82) is 0 Å². The van der Waals surface area contributed by atoms with Crippen molar-refractivity contribution >= 4 is 23.1 Å². The van der Waals surface area contributed by atoms with Crippen LogP contribution in [0.3, 0.4) is 0 Å². The van der Waals surface area contributed by atoms with Crippen molar-refractivity contribution in [1.82, 2.24) is 10.2 Å². The van der Waals surface area contributed by atoms with Crippen LogP contribution in [0, 0.1) is 18.6 Å². The molecule has 0 aromatic heterocycles. The maximum atomic E-state index is 14.1. The first kappa shape index (κ1) is 30.8. The first-order valence-electron chi connectivity index (χ1n) is 13.9. The van der Waals surface area contributed by atoms with Gasteiger partial charge >= 0.3 is 6.18 Å². The number of benzene rings is 3. The molecule has 2 aliphatic rings. The number of ether oxygens (including phenoxy) is 2. The number of hydrogen-bond donors (Lipinski definition) is 1. The van der Waals surface area contributed by atoms with Crippen molar-refractivity contribution in [3.05, 3.63) is 99.1 Å². The maximum absolute atomic E-state index is 14.1. The highest BCUT2D eigenvalue weighted by Crippen LogP contribution is 2.39. The number of nitrogens with zero attached hydrogens (tertiary/aromatic N) is 1. The van der Waals surface area contributed by atoms with E-state index in [0.29, 0.717) is 30.8 Å². The molecular formula is C32H30ClF5N2O3. The van der Waals surface area contributed by atoms with Crippen molar-refractivity contribution in [2.45, 2.75) is 44.9 Å². The van der Waals surface area contributed by atoms with E-state index < -0.39 is 29.1 Å². The fraction of sp³-hybridized carbons (Fsp3) is 0.344. The Kier molecular flexibility index (Phi) is 9.27. The first-order valence-corrected chi connectivity index (χ1v) is 14.3. The monoisotopic (exact) mass is 620 g/mol. The molecule has 0 unspecified atom stereocenters. The van der Waals surface area contributed by atoms with Gasteiger partial charge in [-0.15, -0.1) is 0 Å². The molecule has 5 rings (SSSR count). The van der Waals surface area contributed by atoms with E-state index in [4.69, 9.17) is 21.1 Å². The van der Waals surface area contributed by atoms with Crippen LogP contribution in [-0.2, 0) is 17.5 Å². The first-order chi connectivity index (χ1) is 20.5. The molecule has 0 saturated heterocycles. The summed E-state index contributed by atoms with van der Waals surface area (Å²) in [5, 5.41) is 2.84. The lowest BCUT2D eigenvalue weighted by molar-refractivity contribution is -0.137. The lowest BCUT2D eigenvalue weighted by Crippen LogP contribution is -2.39. The van der Waals surface area contributed by atoms with Gasteiger partial charge in [0, 0.05) is 24.7 Å². The van der Waals surface area contributed by atoms with Gasteiger partial charge in [0.05, 0.1) is 10.6 Å². The predicted octanol–water partition coefficient (Wildman–Crippen LogP) is 7.34. The summed E-state index contributed by atoms with van der Waals surface area (Å²) in [5.41, 5.74) is 1.84. The molecule has 5 nitrogen and oxygen atoms in total. The number of amides is 1. The smallest absolute Gasteiger partial charge is 0.417 e. The topological polar surface area (TPSA) is 50.8 Å². The number of carbonyl (C=O) groups excluding carboxylic acids is 1. The van der Waals surface area contributed by atoms with Gasteiger partial charge in [0.25, 0.3) is 5.91 Å². The van der Waals surface area contributed by atoms with Crippen LogP contribution in [0.15, 0.2) is 60.2 Å². The summed E-state index contributed by atoms with van der Waals surface area (Å²) in [5.74, 6) is -1.69. The van der Waals surface area contributed by atoms with Gasteiger partial charge in [0.2, 0.25) is 0 Å². The van der Waals surface area contributed by atoms with Gasteiger partial charge in [-0.05, 0) is 79.3 Å². The summed E-state index contributed by atoms with van der Waals surface area (Å²) in [7, 11) is 0. The second kappa shape index (κ2) is 12.9. The standard InChI is InChI=1S/C32H30ClF5N2O3/c1-19-5-12-27(34)30(29(19)35)43-16-15-42-23-10-6-20(7-11-23)24-13-14-39-17-25(24)31(41)40(22-8-9-22)18-21-3-2-4-26(28(21)33)32(36,37)38/h2-7,10-12,22,39H,8-9,13-18H2,1H3. The molecule has 0 radical (unpaired) electrons. The molecule has 1 heterocycles. The zero-order valence-electron chi connectivity index (χ0n) is 23.4. The molecule has 0 spiro atoms. The molecule has 1 amide bonds. The van der Waals surface area contributed by atoms with Gasteiger partial charge in [-0.2, -0.15) is 13.2 Å². The van der Waals surface area contributed by atoms with Gasteiger partial charge in [-0.25, -0.2) is 8.78 Å². The van der Waals surface area contributed by atoms with E-state index in [1.54, 1.807) is 17.0 Å². The fourth-order valence-corrected chi connectivity index (χ4v) is 5.35. The SMILES string of the molecule is Cc1ccc(F)c(OCCOc2ccc(C3=C(C(=O)N(Cc4cccc(C(F)(F)F)c4Cl)C4CC4)CNCC3)cc2)c1F. The molecule has 228 valence electrons. The van der Waals surface area contributed by atoms with Crippen molar-refractivity contribution in [2.24, 2.45) is 0 Å². The van der Waals surface area contributed by atoms with Gasteiger partial charge in [0.1, 0.15) is 19.0 Å². The number of halogens is 6. The Morgan fingerprint density at radius 1 is 1.02 bits per heavy atom. The molecule has 1 aliphatic heterocycles. The Labute approximate surface area is 251 Å². The number of alkyl halides is 3. The van der Waals surface area contributed by atoms with Crippen molar-refractivity contribution < 1.29 is 36.2 Å². The number of nitrogens with one attached hydrogen (secondary N) is 1. The van der Waals surface area contributed by atoms with Crippen molar-refractivity contribution in [2.75, 3.05) is 26.3 Å². The maximum Gasteiger partial charge on any atom is 0.417 e. The molecule has 1 saturated carbocycles. The number of hydrogen-bond acceptors (Lipinski definition) is 4. The summed E-state index contributed by atoms with van der Waals surface area (Å²) < 4.78 is 79.2. The van der Waals surface area contributed by atoms with Crippen LogP contribution in [0.2, 0.25) is 5.02 Å². The molecule has 0 bridgehead atoms. The minimum atomic E-state index is -4.59. The highest BCUT2D eigenvalue weighted by atomic mass is 35.5. The number of rotatable bonds is 10. The molecule has 11 heteroatoms. The van der Waals surface area contributed by atoms with Gasteiger partial charge in [-0.1, -0.05) is 41.9 Å². The lowest BCUT2D eigenvalue weighted by atomic mass is 9.93. The third kappa shape index (κ3) is 7.13. The number of aryl methyl sites for hydroxylation is 1. The second-order valence-corrected chi connectivity index (χ2v) is 10.9. The summed E-state index contributed by atoms with van der Waals surface area (Å²) in [6.45, 7) is 2.48. The van der Waals surface area contributed by atoms with Crippen molar-refractivity contribution in [3.8, 4) is 11.5 Å². The second-order valence-electron chi connectivity index (χ2n) is 10.6. The van der Waals surface area contributed by atoms with E-state index in [0.717, 1.165) is 36.1 Å². The normalized spacial score (nSPS) is 15.4. The molecule has 1 aliphatic carbocycles. The molecule has 0 atom stereocenters. The molecule has 3 aromatic carbocycles. The van der Waals surface area contributed by atoms with Crippen LogP contribution in [0.1, 0.15) is 41.5 Å². The minimum Gasteiger partial charge on any atom is -0.490 e. The Balaban J connectivity index is 1.28. The zero-order chi connectivity index (χ0) is 30.7. The van der Waals surface area contributed by atoms with Crippen LogP contribution < -0.4 is 14.8 Å². The minimum absolute atomic E-state index is 0.0196. The predicted molar refractivity (Wildman–Crippen MR) is 153 cm³/mol. The van der Waals surface area contributed by atoms with Crippen molar-refractivity contribution in [3.63, 3.8) is 0 Å². The highest BCUT2D eigenvalue weighted by Gasteiger charge is 2.38. The Morgan fingerprint density at radius 3 is 2.44 bits per heavy atom. The molecule has 3 aromatic rings. The summed E-state index contributed by atoms with van der Waals surface area (Å²) in [6.07, 6.45) is -2.45. The Bertz CT molecular complexity index is 1520. The van der Waals surface area contributed by atoms with Gasteiger partial charge < -0.3 is 19.7 Å². The van der Waals surface area contributed by atoms with Gasteiger partial charge in [-0.3, -0.25) is 4.79 Å². The van der Waals surface area contributed by atoms with E-state index >= 15 is 0 Å². The largest absolute Gasteiger partial charge is 0.490 e. The molecule has 43 heavy (non-hydrogen) atoms. The molecule has 1 N–H and O–H groups in total. The summed E-state index contributed by atoms with van der Waals surface area (Å²) >= 11 is 6.15. The van der Waals surface area contributed by atoms with E-state index in [1.807, 2.05) is 12.1 Å². The van der Waals surface area contributed by atoms with Gasteiger partial charge in [0.15, 0.2) is 17.4 Å². The Hall–Kier alpha value is -3.63. The average Bonchev–Trinajstić information content (AvgIpc) is 3.83. The van der Waals surface area contributed by atoms with Crippen LogP contribution >= 0.6 is 11.6 Å². The lowest BCUT2D eigenvalue weighted by Gasteiger charge is -2.29. The molecular weight excluding hydrogens is 591 g/mol. The third-order valence-electron chi connectivity index (χ3n) is 7.49. The molecule has 1 fully saturated rings. The quantitative estimate of drug-likeness (QED) is 0.190.